The van der Waals surface area contributed by atoms with Gasteiger partial charge in [-0.2, -0.15) is 13.2 Å². The highest BCUT2D eigenvalue weighted by Gasteiger charge is 2.38. The number of alkyl halides is 3. The van der Waals surface area contributed by atoms with Crippen LogP contribution in [0, 0.1) is 0 Å². The summed E-state index contributed by atoms with van der Waals surface area (Å²) in [5.74, 6) is -0.686. The predicted molar refractivity (Wildman–Crippen MR) is 98.1 cm³/mol. The first-order valence-corrected chi connectivity index (χ1v) is 9.29. The molecule has 2 heterocycles. The number of hydrogen-bond donors (Lipinski definition) is 1. The first-order chi connectivity index (χ1) is 13.4. The molecular formula is C20H20F3N3O2. The molecule has 0 saturated heterocycles. The number of pyridine rings is 1. The third-order valence-corrected chi connectivity index (χ3v) is 5.35. The number of hydrogen-bond acceptors (Lipinski definition) is 4. The SMILES string of the molecule is O=c1oc2cccnc2n1CCNC1CCCC1c1ccccc1C(F)(F)F. The fraction of sp³-hybridized carbons (Fsp3) is 0.400. The van der Waals surface area contributed by atoms with Crippen LogP contribution in [-0.2, 0) is 12.7 Å². The van der Waals surface area contributed by atoms with Gasteiger partial charge in [0.25, 0.3) is 0 Å². The van der Waals surface area contributed by atoms with Gasteiger partial charge in [0.15, 0.2) is 11.2 Å². The Labute approximate surface area is 159 Å². The second-order valence-electron chi connectivity index (χ2n) is 7.03. The van der Waals surface area contributed by atoms with E-state index in [-0.39, 0.29) is 12.0 Å². The maximum Gasteiger partial charge on any atom is 0.421 e. The van der Waals surface area contributed by atoms with Gasteiger partial charge in [0.1, 0.15) is 0 Å². The Balaban J connectivity index is 1.48. The molecule has 148 valence electrons. The number of aromatic nitrogens is 2. The minimum absolute atomic E-state index is 0.0645. The number of halogens is 3. The number of benzene rings is 1. The zero-order valence-electron chi connectivity index (χ0n) is 15.1. The van der Waals surface area contributed by atoms with Crippen LogP contribution in [0.1, 0.15) is 36.3 Å². The van der Waals surface area contributed by atoms with Crippen LogP contribution < -0.4 is 11.1 Å². The topological polar surface area (TPSA) is 60.1 Å². The second kappa shape index (κ2) is 7.43. The van der Waals surface area contributed by atoms with E-state index in [1.54, 1.807) is 30.5 Å². The van der Waals surface area contributed by atoms with E-state index >= 15 is 0 Å². The van der Waals surface area contributed by atoms with E-state index in [2.05, 4.69) is 10.3 Å². The fourth-order valence-corrected chi connectivity index (χ4v) is 4.11. The first kappa shape index (κ1) is 18.7. The molecule has 2 atom stereocenters. The monoisotopic (exact) mass is 391 g/mol. The van der Waals surface area contributed by atoms with Crippen LogP contribution in [0.15, 0.2) is 51.8 Å². The molecule has 0 aliphatic heterocycles. The highest BCUT2D eigenvalue weighted by Crippen LogP contribution is 2.41. The van der Waals surface area contributed by atoms with E-state index in [1.807, 2.05) is 0 Å². The van der Waals surface area contributed by atoms with Crippen molar-refractivity contribution >= 4 is 11.2 Å². The van der Waals surface area contributed by atoms with Gasteiger partial charge < -0.3 is 9.73 Å². The highest BCUT2D eigenvalue weighted by molar-refractivity contribution is 5.67. The van der Waals surface area contributed by atoms with Gasteiger partial charge in [0, 0.05) is 25.3 Å². The van der Waals surface area contributed by atoms with Crippen molar-refractivity contribution in [2.75, 3.05) is 6.54 Å². The predicted octanol–water partition coefficient (Wildman–Crippen LogP) is 3.93. The van der Waals surface area contributed by atoms with Gasteiger partial charge in [-0.05, 0) is 42.5 Å². The fourth-order valence-electron chi connectivity index (χ4n) is 4.11. The Hall–Kier alpha value is -2.61. The lowest BCUT2D eigenvalue weighted by atomic mass is 9.90. The lowest BCUT2D eigenvalue weighted by Gasteiger charge is -2.24. The summed E-state index contributed by atoms with van der Waals surface area (Å²) < 4.78 is 46.7. The van der Waals surface area contributed by atoms with Gasteiger partial charge in [0.2, 0.25) is 0 Å². The second-order valence-corrected chi connectivity index (χ2v) is 7.03. The lowest BCUT2D eigenvalue weighted by Crippen LogP contribution is -2.35. The van der Waals surface area contributed by atoms with E-state index in [9.17, 15) is 18.0 Å². The summed E-state index contributed by atoms with van der Waals surface area (Å²) in [6, 6.07) is 9.10. The summed E-state index contributed by atoms with van der Waals surface area (Å²) in [6.07, 6.45) is -0.400. The minimum atomic E-state index is -4.36. The Bertz CT molecular complexity index is 1030. The molecule has 0 bridgehead atoms. The molecule has 1 aromatic carbocycles. The van der Waals surface area contributed by atoms with Gasteiger partial charge in [-0.25, -0.2) is 9.78 Å². The zero-order valence-corrected chi connectivity index (χ0v) is 15.1. The molecule has 8 heteroatoms. The first-order valence-electron chi connectivity index (χ1n) is 9.29. The number of nitrogens with zero attached hydrogens (tertiary/aromatic N) is 2. The van der Waals surface area contributed by atoms with E-state index in [0.29, 0.717) is 36.3 Å². The normalized spacial score (nSPS) is 20.1. The molecule has 0 spiro atoms. The number of nitrogens with one attached hydrogen (secondary N) is 1. The van der Waals surface area contributed by atoms with Crippen LogP contribution >= 0.6 is 0 Å². The van der Waals surface area contributed by atoms with Crippen LogP contribution in [0.4, 0.5) is 13.2 Å². The van der Waals surface area contributed by atoms with Crippen molar-refractivity contribution < 1.29 is 17.6 Å². The quantitative estimate of drug-likeness (QED) is 0.716. The molecule has 3 aromatic rings. The highest BCUT2D eigenvalue weighted by atomic mass is 19.4. The van der Waals surface area contributed by atoms with Gasteiger partial charge in [0.05, 0.1) is 5.56 Å². The molecule has 2 unspecified atom stereocenters. The third kappa shape index (κ3) is 3.56. The zero-order chi connectivity index (χ0) is 19.7. The molecule has 1 saturated carbocycles. The summed E-state index contributed by atoms with van der Waals surface area (Å²) in [4.78, 5) is 16.2. The Morgan fingerprint density at radius 1 is 1.18 bits per heavy atom. The molecule has 0 radical (unpaired) electrons. The van der Waals surface area contributed by atoms with Crippen molar-refractivity contribution in [3.8, 4) is 0 Å². The van der Waals surface area contributed by atoms with Gasteiger partial charge in [-0.15, -0.1) is 0 Å². The largest absolute Gasteiger partial charge is 0.421 e. The number of fused-ring (bicyclic) bond motifs is 1. The Morgan fingerprint density at radius 2 is 2.00 bits per heavy atom. The Morgan fingerprint density at radius 3 is 2.82 bits per heavy atom. The lowest BCUT2D eigenvalue weighted by molar-refractivity contribution is -0.138. The Kier molecular flexibility index (Phi) is 4.97. The van der Waals surface area contributed by atoms with Crippen molar-refractivity contribution in [3.05, 3.63) is 64.3 Å². The van der Waals surface area contributed by atoms with Crippen LogP contribution in [-0.4, -0.2) is 22.1 Å². The van der Waals surface area contributed by atoms with Crippen LogP contribution in [0.3, 0.4) is 0 Å². The average molecular weight is 391 g/mol. The number of oxazole rings is 1. The van der Waals surface area contributed by atoms with Crippen LogP contribution in [0.25, 0.3) is 11.2 Å². The minimum Gasteiger partial charge on any atom is -0.406 e. The van der Waals surface area contributed by atoms with Crippen molar-refractivity contribution in [1.82, 2.24) is 14.9 Å². The molecule has 28 heavy (non-hydrogen) atoms. The van der Waals surface area contributed by atoms with E-state index in [4.69, 9.17) is 4.42 Å². The van der Waals surface area contributed by atoms with Gasteiger partial charge >= 0.3 is 11.9 Å². The summed E-state index contributed by atoms with van der Waals surface area (Å²) in [6.45, 7) is 0.785. The van der Waals surface area contributed by atoms with Crippen molar-refractivity contribution in [3.63, 3.8) is 0 Å². The molecule has 2 aromatic heterocycles. The molecule has 1 aliphatic carbocycles. The van der Waals surface area contributed by atoms with Crippen LogP contribution in [0.5, 0.6) is 0 Å². The summed E-state index contributed by atoms with van der Waals surface area (Å²) in [7, 11) is 0. The molecule has 1 aliphatic rings. The molecule has 1 N–H and O–H groups in total. The third-order valence-electron chi connectivity index (χ3n) is 5.35. The standard InChI is InChI=1S/C20H20F3N3O2/c21-20(22,23)15-7-2-1-5-13(15)14-6-3-8-16(14)24-11-12-26-18-17(28-19(26)27)9-4-10-25-18/h1-2,4-5,7,9-10,14,16,24H,3,6,8,11-12H2. The maximum atomic E-state index is 13.4. The van der Waals surface area contributed by atoms with Gasteiger partial charge in [-0.3, -0.25) is 4.57 Å². The molecule has 5 nitrogen and oxygen atoms in total. The maximum absolute atomic E-state index is 13.4. The summed E-state index contributed by atoms with van der Waals surface area (Å²) in [5.41, 5.74) is 0.678. The molecule has 1 fully saturated rings. The van der Waals surface area contributed by atoms with Crippen molar-refractivity contribution in [2.45, 2.75) is 43.9 Å². The summed E-state index contributed by atoms with van der Waals surface area (Å²) >= 11 is 0. The van der Waals surface area contributed by atoms with E-state index in [1.165, 1.54) is 10.6 Å². The van der Waals surface area contributed by atoms with Gasteiger partial charge in [-0.1, -0.05) is 24.6 Å². The molecular weight excluding hydrogens is 371 g/mol. The van der Waals surface area contributed by atoms with E-state index < -0.39 is 17.5 Å². The van der Waals surface area contributed by atoms with Crippen molar-refractivity contribution in [2.24, 2.45) is 0 Å². The molecule has 4 rings (SSSR count). The smallest absolute Gasteiger partial charge is 0.406 e. The average Bonchev–Trinajstić information content (AvgIpc) is 3.25. The summed E-state index contributed by atoms with van der Waals surface area (Å²) in [5, 5.41) is 3.34. The van der Waals surface area contributed by atoms with Crippen molar-refractivity contribution in [1.29, 1.82) is 0 Å². The van der Waals surface area contributed by atoms with E-state index in [0.717, 1.165) is 18.9 Å². The number of rotatable bonds is 5. The van der Waals surface area contributed by atoms with Crippen LogP contribution in [0.2, 0.25) is 0 Å². The molecule has 0 amide bonds.